The van der Waals surface area contributed by atoms with Gasteiger partial charge in [0.25, 0.3) is 0 Å². The van der Waals surface area contributed by atoms with Crippen LogP contribution in [-0.2, 0) is 21.5 Å². The van der Waals surface area contributed by atoms with Crippen molar-refractivity contribution in [1.82, 2.24) is 0 Å². The maximum atomic E-state index is 4.79. The zero-order chi connectivity index (χ0) is 14.0. The molecule has 0 amide bonds. The van der Waals surface area contributed by atoms with E-state index < -0.39 is 0 Å². The molecule has 0 fully saturated rings. The highest BCUT2D eigenvalue weighted by Gasteiger charge is 1.91. The number of thiol groups is 1. The standard InChI is InChI=1S/C12H10.C6H6S2/c1-3-7-11(8-4-1)12-9-5-2-6-10-12;7-8-6-4-2-1-3-5-6/h1-10H;1-5,8H. The Balaban J connectivity index is 0.000000160. The van der Waals surface area contributed by atoms with Gasteiger partial charge in [0.1, 0.15) is 0 Å². The van der Waals surface area contributed by atoms with E-state index in [0.29, 0.717) is 0 Å². The van der Waals surface area contributed by atoms with Crippen molar-refractivity contribution in [2.24, 2.45) is 0 Å². The van der Waals surface area contributed by atoms with Crippen LogP contribution in [0.3, 0.4) is 0 Å². The smallest absolute Gasteiger partial charge is 0.00876 e. The van der Waals surface area contributed by atoms with Crippen LogP contribution in [0.2, 0.25) is 0 Å². The molecule has 3 aromatic rings. The third-order valence-corrected chi connectivity index (χ3v) is 3.88. The number of hydrogen-bond acceptors (Lipinski definition) is 1. The number of rotatable bonds is 2. The second kappa shape index (κ2) is 8.41. The Kier molecular flexibility index (Phi) is 6.15. The monoisotopic (exact) mass is 296 g/mol. The molecule has 0 heterocycles. The zero-order valence-electron chi connectivity index (χ0n) is 11.0. The SMILES string of the molecule is S=[SH]c1ccccc1.c1ccc(-c2ccccc2)cc1. The van der Waals surface area contributed by atoms with E-state index in [1.165, 1.54) is 16.0 Å². The van der Waals surface area contributed by atoms with E-state index >= 15 is 0 Å². The molecule has 0 saturated heterocycles. The van der Waals surface area contributed by atoms with Gasteiger partial charge in [-0.3, -0.25) is 0 Å². The fourth-order valence-electron chi connectivity index (χ4n) is 1.75. The molecule has 20 heavy (non-hydrogen) atoms. The van der Waals surface area contributed by atoms with Gasteiger partial charge in [-0.25, -0.2) is 0 Å². The first-order valence-corrected chi connectivity index (χ1v) is 8.30. The highest BCUT2D eigenvalue weighted by molar-refractivity contribution is 8.17. The van der Waals surface area contributed by atoms with E-state index in [1.807, 2.05) is 42.5 Å². The molecule has 0 nitrogen and oxygen atoms in total. The number of hydrogen-bond donors (Lipinski definition) is 1. The molecule has 0 radical (unpaired) electrons. The molecule has 0 aromatic heterocycles. The van der Waals surface area contributed by atoms with Crippen molar-refractivity contribution in [3.05, 3.63) is 91.0 Å². The van der Waals surface area contributed by atoms with Gasteiger partial charge in [0, 0.05) is 4.90 Å². The molecule has 0 saturated carbocycles. The van der Waals surface area contributed by atoms with Gasteiger partial charge >= 0.3 is 0 Å². The van der Waals surface area contributed by atoms with Gasteiger partial charge in [-0.2, -0.15) is 0 Å². The molecule has 2 heteroatoms. The van der Waals surface area contributed by atoms with Crippen molar-refractivity contribution < 1.29 is 0 Å². The molecule has 0 atom stereocenters. The second-order valence-corrected chi connectivity index (χ2v) is 5.41. The van der Waals surface area contributed by atoms with Gasteiger partial charge in [0.05, 0.1) is 0 Å². The summed E-state index contributed by atoms with van der Waals surface area (Å²) in [6.45, 7) is 0. The van der Waals surface area contributed by atoms with E-state index in [1.54, 1.807) is 0 Å². The molecular formula is C18H16S2. The van der Waals surface area contributed by atoms with Crippen molar-refractivity contribution in [2.45, 2.75) is 4.90 Å². The van der Waals surface area contributed by atoms with Crippen LogP contribution in [0.4, 0.5) is 0 Å². The van der Waals surface area contributed by atoms with Gasteiger partial charge in [0.2, 0.25) is 0 Å². The first-order chi connectivity index (χ1) is 9.90. The van der Waals surface area contributed by atoms with Gasteiger partial charge in [-0.05, 0) is 34.4 Å². The van der Waals surface area contributed by atoms with Crippen LogP contribution in [0, 0.1) is 0 Å². The Morgan fingerprint density at radius 1 is 0.500 bits per heavy atom. The van der Waals surface area contributed by atoms with Crippen molar-refractivity contribution in [2.75, 3.05) is 0 Å². The Morgan fingerprint density at radius 3 is 1.15 bits per heavy atom. The van der Waals surface area contributed by atoms with E-state index in [4.69, 9.17) is 11.2 Å². The summed E-state index contributed by atoms with van der Waals surface area (Å²) in [6, 6.07) is 30.8. The zero-order valence-corrected chi connectivity index (χ0v) is 12.7. The lowest BCUT2D eigenvalue weighted by Crippen LogP contribution is -1.73. The van der Waals surface area contributed by atoms with Crippen molar-refractivity contribution in [3.8, 4) is 11.1 Å². The first-order valence-electron chi connectivity index (χ1n) is 6.39. The third kappa shape index (κ3) is 4.72. The summed E-state index contributed by atoms with van der Waals surface area (Å²) in [4.78, 5) is 1.20. The minimum atomic E-state index is 0.933. The molecule has 0 aliphatic carbocycles. The van der Waals surface area contributed by atoms with E-state index in [9.17, 15) is 0 Å². The summed E-state index contributed by atoms with van der Waals surface area (Å²) in [5, 5.41) is 0. The lowest BCUT2D eigenvalue weighted by molar-refractivity contribution is 1.48. The van der Waals surface area contributed by atoms with E-state index in [0.717, 1.165) is 10.3 Å². The van der Waals surface area contributed by atoms with Crippen LogP contribution in [0.5, 0.6) is 0 Å². The lowest BCUT2D eigenvalue weighted by Gasteiger charge is -1.98. The van der Waals surface area contributed by atoms with E-state index in [-0.39, 0.29) is 0 Å². The van der Waals surface area contributed by atoms with Gasteiger partial charge in [-0.15, -0.1) is 10.3 Å². The molecule has 0 bridgehead atoms. The lowest BCUT2D eigenvalue weighted by atomic mass is 10.1. The van der Waals surface area contributed by atoms with Crippen LogP contribution in [0.25, 0.3) is 11.1 Å². The summed E-state index contributed by atoms with van der Waals surface area (Å²) in [6.07, 6.45) is 0. The van der Waals surface area contributed by atoms with Crippen molar-refractivity contribution in [1.29, 1.82) is 0 Å². The molecule has 3 aromatic carbocycles. The second-order valence-electron chi connectivity index (χ2n) is 4.16. The quantitative estimate of drug-likeness (QED) is 0.670. The molecule has 100 valence electrons. The minimum Gasteiger partial charge on any atom is -0.104 e. The molecule has 0 spiro atoms. The predicted octanol–water partition coefficient (Wildman–Crippen LogP) is 4.68. The van der Waals surface area contributed by atoms with Crippen molar-refractivity contribution >= 4 is 21.5 Å². The van der Waals surface area contributed by atoms with Crippen LogP contribution in [0.1, 0.15) is 0 Å². The summed E-state index contributed by atoms with van der Waals surface area (Å²) in [5.74, 6) is 0. The van der Waals surface area contributed by atoms with Gasteiger partial charge < -0.3 is 0 Å². The third-order valence-electron chi connectivity index (χ3n) is 2.74. The topological polar surface area (TPSA) is 0 Å². The Labute approximate surface area is 128 Å². The molecule has 3 rings (SSSR count). The number of benzene rings is 3. The fourth-order valence-corrected chi connectivity index (χ4v) is 2.41. The van der Waals surface area contributed by atoms with Gasteiger partial charge in [0.15, 0.2) is 0 Å². The van der Waals surface area contributed by atoms with Crippen molar-refractivity contribution in [3.63, 3.8) is 0 Å². The first kappa shape index (κ1) is 14.6. The van der Waals surface area contributed by atoms with Crippen LogP contribution < -0.4 is 0 Å². The average Bonchev–Trinajstić information content (AvgIpc) is 2.58. The maximum absolute atomic E-state index is 4.79. The largest absolute Gasteiger partial charge is 0.104 e. The molecule has 0 unspecified atom stereocenters. The summed E-state index contributed by atoms with van der Waals surface area (Å²) in [7, 11) is 0.933. The summed E-state index contributed by atoms with van der Waals surface area (Å²) < 4.78 is 0. The molecule has 0 aliphatic heterocycles. The molecule has 0 aliphatic rings. The Morgan fingerprint density at radius 2 is 0.850 bits per heavy atom. The molecule has 0 N–H and O–H groups in total. The van der Waals surface area contributed by atoms with Gasteiger partial charge in [-0.1, -0.05) is 78.9 Å². The summed E-state index contributed by atoms with van der Waals surface area (Å²) >= 11 is 4.79. The van der Waals surface area contributed by atoms with Crippen LogP contribution in [0.15, 0.2) is 95.9 Å². The predicted molar refractivity (Wildman–Crippen MR) is 92.7 cm³/mol. The normalized spacial score (nSPS) is 9.40. The Bertz CT molecular complexity index is 582. The van der Waals surface area contributed by atoms with E-state index in [2.05, 4.69) is 48.5 Å². The summed E-state index contributed by atoms with van der Waals surface area (Å²) in [5.41, 5.74) is 2.55. The Hall–Kier alpha value is -1.77. The van der Waals surface area contributed by atoms with Crippen LogP contribution in [-0.4, -0.2) is 0 Å². The minimum absolute atomic E-state index is 0.933. The maximum Gasteiger partial charge on any atom is 0.00876 e. The average molecular weight is 296 g/mol. The highest BCUT2D eigenvalue weighted by atomic mass is 32.8. The highest BCUT2D eigenvalue weighted by Crippen LogP contribution is 2.17. The molecular weight excluding hydrogens is 280 g/mol. The fraction of sp³-hybridized carbons (Fsp3) is 0. The van der Waals surface area contributed by atoms with Crippen LogP contribution >= 0.6 is 0 Å².